The molecule has 1 atom stereocenters. The number of hydrogen-bond donors (Lipinski definition) is 2. The van der Waals surface area contributed by atoms with Crippen LogP contribution in [0.5, 0.6) is 5.75 Å². The fourth-order valence-electron chi connectivity index (χ4n) is 2.22. The van der Waals surface area contributed by atoms with Gasteiger partial charge in [-0.15, -0.1) is 0 Å². The summed E-state index contributed by atoms with van der Waals surface area (Å²) in [6.45, 7) is 1.61. The maximum absolute atomic E-state index is 12.2. The first-order chi connectivity index (χ1) is 10.4. The van der Waals surface area contributed by atoms with E-state index in [2.05, 4.69) is 5.32 Å². The van der Waals surface area contributed by atoms with Gasteiger partial charge in [-0.25, -0.2) is 0 Å². The quantitative estimate of drug-likeness (QED) is 0.885. The predicted molar refractivity (Wildman–Crippen MR) is 87.3 cm³/mol. The van der Waals surface area contributed by atoms with Crippen LogP contribution in [0, 0.1) is 0 Å². The zero-order chi connectivity index (χ0) is 16.2. The Morgan fingerprint density at radius 1 is 1.23 bits per heavy atom. The lowest BCUT2D eigenvalue weighted by Gasteiger charge is -2.23. The minimum absolute atomic E-state index is 0.0767. The maximum atomic E-state index is 12.2. The van der Waals surface area contributed by atoms with Gasteiger partial charge < -0.3 is 15.2 Å². The van der Waals surface area contributed by atoms with Gasteiger partial charge in [-0.3, -0.25) is 4.79 Å². The standard InChI is InChI=1S/C17H18ClNO3/c1-17(21,12-7-4-3-5-8-12)11-15(20)19-14-10-6-9-13(18)16(14)22-2/h3-10,21H,11H2,1-2H3,(H,19,20). The number of carbonyl (C=O) groups is 1. The maximum Gasteiger partial charge on any atom is 0.227 e. The molecule has 1 amide bonds. The molecular formula is C17H18ClNO3. The summed E-state index contributed by atoms with van der Waals surface area (Å²) in [5.74, 6) is 0.0753. The van der Waals surface area contributed by atoms with Crippen LogP contribution in [0.25, 0.3) is 0 Å². The monoisotopic (exact) mass is 319 g/mol. The first-order valence-electron chi connectivity index (χ1n) is 6.84. The largest absolute Gasteiger partial charge is 0.493 e. The van der Waals surface area contributed by atoms with Crippen LogP contribution in [-0.4, -0.2) is 18.1 Å². The molecule has 0 radical (unpaired) electrons. The molecule has 0 saturated carbocycles. The van der Waals surface area contributed by atoms with Gasteiger partial charge in [-0.2, -0.15) is 0 Å². The second-order valence-corrected chi connectivity index (χ2v) is 5.59. The number of ether oxygens (including phenoxy) is 1. The van der Waals surface area contributed by atoms with Crippen molar-refractivity contribution in [1.29, 1.82) is 0 Å². The van der Waals surface area contributed by atoms with Crippen molar-refractivity contribution < 1.29 is 14.6 Å². The van der Waals surface area contributed by atoms with Gasteiger partial charge in [-0.1, -0.05) is 48.0 Å². The molecule has 0 aromatic heterocycles. The Morgan fingerprint density at radius 3 is 2.55 bits per heavy atom. The van der Waals surface area contributed by atoms with E-state index in [1.54, 1.807) is 37.3 Å². The number of methoxy groups -OCH3 is 1. The van der Waals surface area contributed by atoms with E-state index in [-0.39, 0.29) is 12.3 Å². The van der Waals surface area contributed by atoms with E-state index in [0.717, 1.165) is 0 Å². The average molecular weight is 320 g/mol. The summed E-state index contributed by atoms with van der Waals surface area (Å²) in [6.07, 6.45) is -0.0767. The average Bonchev–Trinajstić information content (AvgIpc) is 2.48. The predicted octanol–water partition coefficient (Wildman–Crippen LogP) is 3.58. The Hall–Kier alpha value is -2.04. The number of aliphatic hydroxyl groups is 1. The van der Waals surface area contributed by atoms with E-state index in [1.165, 1.54) is 7.11 Å². The highest BCUT2D eigenvalue weighted by molar-refractivity contribution is 6.32. The molecule has 0 bridgehead atoms. The fraction of sp³-hybridized carbons (Fsp3) is 0.235. The van der Waals surface area contributed by atoms with Gasteiger partial charge in [0.15, 0.2) is 5.75 Å². The van der Waals surface area contributed by atoms with Crippen molar-refractivity contribution in [3.63, 3.8) is 0 Å². The Bertz CT molecular complexity index is 656. The van der Waals surface area contributed by atoms with Crippen LogP contribution in [0.15, 0.2) is 48.5 Å². The highest BCUT2D eigenvalue weighted by Gasteiger charge is 2.26. The Balaban J connectivity index is 2.12. The van der Waals surface area contributed by atoms with Crippen molar-refractivity contribution in [2.24, 2.45) is 0 Å². The summed E-state index contributed by atoms with van der Waals surface area (Å²) in [7, 11) is 1.48. The lowest BCUT2D eigenvalue weighted by Crippen LogP contribution is -2.28. The number of anilines is 1. The molecule has 22 heavy (non-hydrogen) atoms. The molecule has 0 heterocycles. The number of para-hydroxylation sites is 1. The number of amides is 1. The third-order valence-corrected chi connectivity index (χ3v) is 3.64. The Labute approximate surface area is 134 Å². The van der Waals surface area contributed by atoms with Gasteiger partial charge in [0.2, 0.25) is 5.91 Å². The van der Waals surface area contributed by atoms with Gasteiger partial charge in [0, 0.05) is 0 Å². The summed E-state index contributed by atoms with van der Waals surface area (Å²) in [5, 5.41) is 13.6. The second kappa shape index (κ2) is 6.81. The molecule has 2 rings (SSSR count). The molecule has 0 fully saturated rings. The van der Waals surface area contributed by atoms with Gasteiger partial charge in [0.1, 0.15) is 0 Å². The van der Waals surface area contributed by atoms with Crippen molar-refractivity contribution in [2.75, 3.05) is 12.4 Å². The topological polar surface area (TPSA) is 58.6 Å². The number of benzene rings is 2. The highest BCUT2D eigenvalue weighted by Crippen LogP contribution is 2.33. The van der Waals surface area contributed by atoms with Crippen LogP contribution >= 0.6 is 11.6 Å². The first kappa shape index (κ1) is 16.3. The molecule has 0 saturated heterocycles. The van der Waals surface area contributed by atoms with Crippen LogP contribution in [-0.2, 0) is 10.4 Å². The van der Waals surface area contributed by atoms with Crippen molar-refractivity contribution >= 4 is 23.2 Å². The summed E-state index contributed by atoms with van der Waals surface area (Å²) in [5.41, 5.74) is -0.0935. The third-order valence-electron chi connectivity index (χ3n) is 3.35. The van der Waals surface area contributed by atoms with E-state index in [4.69, 9.17) is 16.3 Å². The fourth-order valence-corrected chi connectivity index (χ4v) is 2.47. The molecule has 0 spiro atoms. The van der Waals surface area contributed by atoms with Crippen molar-refractivity contribution in [3.05, 3.63) is 59.1 Å². The molecule has 2 aromatic carbocycles. The molecule has 2 aromatic rings. The zero-order valence-corrected chi connectivity index (χ0v) is 13.2. The first-order valence-corrected chi connectivity index (χ1v) is 7.22. The van der Waals surface area contributed by atoms with E-state index >= 15 is 0 Å². The molecule has 0 aliphatic rings. The zero-order valence-electron chi connectivity index (χ0n) is 12.5. The summed E-state index contributed by atoms with van der Waals surface area (Å²) >= 11 is 6.02. The van der Waals surface area contributed by atoms with Gasteiger partial charge in [-0.05, 0) is 24.6 Å². The smallest absolute Gasteiger partial charge is 0.227 e. The highest BCUT2D eigenvalue weighted by atomic mass is 35.5. The summed E-state index contributed by atoms with van der Waals surface area (Å²) in [6, 6.07) is 14.2. The molecule has 116 valence electrons. The second-order valence-electron chi connectivity index (χ2n) is 5.19. The number of halogens is 1. The number of hydrogen-bond acceptors (Lipinski definition) is 3. The van der Waals surface area contributed by atoms with Crippen LogP contribution in [0.4, 0.5) is 5.69 Å². The molecule has 5 heteroatoms. The van der Waals surface area contributed by atoms with Gasteiger partial charge in [0.05, 0.1) is 29.8 Å². The third kappa shape index (κ3) is 3.78. The number of rotatable bonds is 5. The van der Waals surface area contributed by atoms with Crippen molar-refractivity contribution in [1.82, 2.24) is 0 Å². The van der Waals surface area contributed by atoms with Crippen LogP contribution in [0.2, 0.25) is 5.02 Å². The molecule has 2 N–H and O–H groups in total. The molecular weight excluding hydrogens is 302 g/mol. The van der Waals surface area contributed by atoms with E-state index in [0.29, 0.717) is 22.0 Å². The van der Waals surface area contributed by atoms with E-state index in [9.17, 15) is 9.90 Å². The van der Waals surface area contributed by atoms with Gasteiger partial charge >= 0.3 is 0 Å². The molecule has 1 unspecified atom stereocenters. The van der Waals surface area contributed by atoms with E-state index < -0.39 is 5.60 Å². The molecule has 0 aliphatic heterocycles. The lowest BCUT2D eigenvalue weighted by molar-refractivity contribution is -0.120. The molecule has 4 nitrogen and oxygen atoms in total. The number of carbonyl (C=O) groups excluding carboxylic acids is 1. The lowest BCUT2D eigenvalue weighted by atomic mass is 9.92. The SMILES string of the molecule is COc1c(Cl)cccc1NC(=O)CC(C)(O)c1ccccc1. The van der Waals surface area contributed by atoms with Gasteiger partial charge in [0.25, 0.3) is 0 Å². The summed E-state index contributed by atoms with van der Waals surface area (Å²) < 4.78 is 5.18. The minimum Gasteiger partial charge on any atom is -0.493 e. The number of nitrogens with one attached hydrogen (secondary N) is 1. The molecule has 0 aliphatic carbocycles. The summed E-state index contributed by atoms with van der Waals surface area (Å²) in [4.78, 5) is 12.2. The van der Waals surface area contributed by atoms with Crippen LogP contribution in [0.1, 0.15) is 18.9 Å². The Kier molecular flexibility index (Phi) is 5.06. The minimum atomic E-state index is -1.25. The van der Waals surface area contributed by atoms with Crippen LogP contribution in [0.3, 0.4) is 0 Å². The van der Waals surface area contributed by atoms with E-state index in [1.807, 2.05) is 18.2 Å². The normalized spacial score (nSPS) is 13.3. The van der Waals surface area contributed by atoms with Crippen molar-refractivity contribution in [2.45, 2.75) is 18.9 Å². The van der Waals surface area contributed by atoms with Crippen molar-refractivity contribution in [3.8, 4) is 5.75 Å². The van der Waals surface area contributed by atoms with Crippen LogP contribution < -0.4 is 10.1 Å². The Morgan fingerprint density at radius 2 is 1.91 bits per heavy atom.